The Morgan fingerprint density at radius 2 is 1.96 bits per heavy atom. The summed E-state index contributed by atoms with van der Waals surface area (Å²) < 4.78 is 31.9. The van der Waals surface area contributed by atoms with E-state index >= 15 is 0 Å². The van der Waals surface area contributed by atoms with Crippen LogP contribution in [-0.2, 0) is 6.42 Å². The number of benzene rings is 2. The van der Waals surface area contributed by atoms with Crippen molar-refractivity contribution < 1.29 is 13.5 Å². The van der Waals surface area contributed by atoms with Crippen LogP contribution in [0.2, 0.25) is 0 Å². The molecule has 1 aromatic heterocycles. The molecule has 3 rings (SSSR count). The van der Waals surface area contributed by atoms with E-state index in [1.54, 1.807) is 19.4 Å². The number of hydrogen-bond acceptors (Lipinski definition) is 5. The summed E-state index contributed by atoms with van der Waals surface area (Å²) in [6.45, 7) is 0.627. The molecule has 1 heterocycles. The minimum atomic E-state index is -0.684. The van der Waals surface area contributed by atoms with E-state index in [4.69, 9.17) is 4.74 Å². The number of rotatable bonds is 7. The third kappa shape index (κ3) is 4.66. The molecule has 0 radical (unpaired) electrons. The van der Waals surface area contributed by atoms with Gasteiger partial charge in [-0.05, 0) is 42.3 Å². The zero-order valence-corrected chi connectivity index (χ0v) is 14.2. The van der Waals surface area contributed by atoms with Crippen molar-refractivity contribution in [2.75, 3.05) is 24.3 Å². The predicted octanol–water partition coefficient (Wildman–Crippen LogP) is 4.16. The lowest BCUT2D eigenvalue weighted by atomic mass is 10.1. The molecular weight excluding hydrogens is 338 g/mol. The van der Waals surface area contributed by atoms with Crippen molar-refractivity contribution in [3.63, 3.8) is 0 Å². The van der Waals surface area contributed by atoms with Gasteiger partial charge in [-0.1, -0.05) is 12.1 Å². The van der Waals surface area contributed by atoms with E-state index in [1.807, 2.05) is 24.3 Å². The number of hydrogen-bond donors (Lipinski definition) is 2. The molecule has 0 aliphatic heterocycles. The highest BCUT2D eigenvalue weighted by molar-refractivity contribution is 5.57. The SMILES string of the molecule is COc1cccc(CCNc2nccc(Nc3ccc(F)cc3F)n2)c1. The molecule has 0 aliphatic rings. The van der Waals surface area contributed by atoms with Crippen molar-refractivity contribution in [1.29, 1.82) is 0 Å². The van der Waals surface area contributed by atoms with Gasteiger partial charge >= 0.3 is 0 Å². The molecule has 134 valence electrons. The van der Waals surface area contributed by atoms with Gasteiger partial charge in [0, 0.05) is 18.8 Å². The first-order valence-corrected chi connectivity index (χ1v) is 8.06. The summed E-state index contributed by atoms with van der Waals surface area (Å²) in [7, 11) is 1.63. The molecule has 0 saturated heterocycles. The molecule has 7 heteroatoms. The number of ether oxygens (including phenoxy) is 1. The van der Waals surface area contributed by atoms with Gasteiger partial charge < -0.3 is 15.4 Å². The molecule has 0 bridgehead atoms. The van der Waals surface area contributed by atoms with Crippen molar-refractivity contribution in [3.05, 3.63) is 71.9 Å². The Kier molecular flexibility index (Phi) is 5.58. The molecule has 5 nitrogen and oxygen atoms in total. The quantitative estimate of drug-likeness (QED) is 0.666. The zero-order valence-electron chi connectivity index (χ0n) is 14.2. The lowest BCUT2D eigenvalue weighted by Gasteiger charge is -2.09. The summed E-state index contributed by atoms with van der Waals surface area (Å²) in [5.74, 6) is 0.327. The van der Waals surface area contributed by atoms with Gasteiger partial charge in [-0.2, -0.15) is 4.98 Å². The lowest BCUT2D eigenvalue weighted by molar-refractivity contribution is 0.414. The first-order valence-electron chi connectivity index (χ1n) is 8.06. The second-order valence-corrected chi connectivity index (χ2v) is 5.54. The molecule has 0 fully saturated rings. The van der Waals surface area contributed by atoms with Crippen LogP contribution in [0, 0.1) is 11.6 Å². The fraction of sp³-hybridized carbons (Fsp3) is 0.158. The molecular formula is C19H18F2N4O. The average Bonchev–Trinajstić information content (AvgIpc) is 2.65. The second kappa shape index (κ2) is 8.24. The molecule has 0 aliphatic carbocycles. The summed E-state index contributed by atoms with van der Waals surface area (Å²) >= 11 is 0. The summed E-state index contributed by atoms with van der Waals surface area (Å²) in [4.78, 5) is 8.42. The third-order valence-electron chi connectivity index (χ3n) is 3.68. The van der Waals surface area contributed by atoms with E-state index in [2.05, 4.69) is 20.6 Å². The normalized spacial score (nSPS) is 10.4. The molecule has 26 heavy (non-hydrogen) atoms. The smallest absolute Gasteiger partial charge is 0.224 e. The van der Waals surface area contributed by atoms with E-state index in [0.29, 0.717) is 18.3 Å². The molecule has 0 spiro atoms. The van der Waals surface area contributed by atoms with Crippen LogP contribution in [0.5, 0.6) is 5.75 Å². The highest BCUT2D eigenvalue weighted by atomic mass is 19.1. The zero-order chi connectivity index (χ0) is 18.4. The van der Waals surface area contributed by atoms with Crippen molar-refractivity contribution in [2.24, 2.45) is 0 Å². The van der Waals surface area contributed by atoms with Gasteiger partial charge in [-0.25, -0.2) is 13.8 Å². The predicted molar refractivity (Wildman–Crippen MR) is 96.9 cm³/mol. The fourth-order valence-corrected chi connectivity index (χ4v) is 2.39. The Morgan fingerprint density at radius 1 is 1.08 bits per heavy atom. The third-order valence-corrected chi connectivity index (χ3v) is 3.68. The highest BCUT2D eigenvalue weighted by Crippen LogP contribution is 2.20. The summed E-state index contributed by atoms with van der Waals surface area (Å²) in [5.41, 5.74) is 1.27. The molecule has 0 amide bonds. The first kappa shape index (κ1) is 17.6. The fourth-order valence-electron chi connectivity index (χ4n) is 2.39. The van der Waals surface area contributed by atoms with Crippen LogP contribution >= 0.6 is 0 Å². The standard InChI is InChI=1S/C19H18F2N4O/c1-26-15-4-2-3-13(11-15)7-9-22-19-23-10-8-18(25-19)24-17-6-5-14(20)12-16(17)21/h2-6,8,10-12H,7,9H2,1H3,(H2,22,23,24,25). The second-order valence-electron chi connectivity index (χ2n) is 5.54. The molecule has 2 aromatic carbocycles. The first-order chi connectivity index (χ1) is 12.6. The maximum atomic E-state index is 13.7. The van der Waals surface area contributed by atoms with E-state index < -0.39 is 11.6 Å². The Hall–Kier alpha value is -3.22. The number of anilines is 3. The number of nitrogens with one attached hydrogen (secondary N) is 2. The average molecular weight is 356 g/mol. The largest absolute Gasteiger partial charge is 0.497 e. The van der Waals surface area contributed by atoms with Crippen molar-refractivity contribution >= 4 is 17.5 Å². The van der Waals surface area contributed by atoms with E-state index in [9.17, 15) is 8.78 Å². The molecule has 0 saturated carbocycles. The molecule has 2 N–H and O–H groups in total. The summed E-state index contributed by atoms with van der Waals surface area (Å²) in [6.07, 6.45) is 2.33. The van der Waals surface area contributed by atoms with Gasteiger partial charge in [0.25, 0.3) is 0 Å². The van der Waals surface area contributed by atoms with Gasteiger partial charge in [0.1, 0.15) is 23.2 Å². The number of halogens is 2. The van der Waals surface area contributed by atoms with Crippen LogP contribution in [0.1, 0.15) is 5.56 Å². The van der Waals surface area contributed by atoms with Crippen LogP contribution in [0.15, 0.2) is 54.7 Å². The van der Waals surface area contributed by atoms with Crippen molar-refractivity contribution in [3.8, 4) is 5.75 Å². The Balaban J connectivity index is 1.60. The Bertz CT molecular complexity index is 889. The van der Waals surface area contributed by atoms with Crippen molar-refractivity contribution in [1.82, 2.24) is 9.97 Å². The number of methoxy groups -OCH3 is 1. The Morgan fingerprint density at radius 3 is 2.77 bits per heavy atom. The van der Waals surface area contributed by atoms with Gasteiger partial charge in [-0.3, -0.25) is 0 Å². The summed E-state index contributed by atoms with van der Waals surface area (Å²) in [6, 6.07) is 12.7. The van der Waals surface area contributed by atoms with Gasteiger partial charge in [0.05, 0.1) is 12.8 Å². The molecule has 0 atom stereocenters. The van der Waals surface area contributed by atoms with Crippen LogP contribution in [0.3, 0.4) is 0 Å². The van der Waals surface area contributed by atoms with Gasteiger partial charge in [0.2, 0.25) is 5.95 Å². The summed E-state index contributed by atoms with van der Waals surface area (Å²) in [5, 5.41) is 5.94. The lowest BCUT2D eigenvalue weighted by Crippen LogP contribution is -2.09. The minimum absolute atomic E-state index is 0.146. The van der Waals surface area contributed by atoms with E-state index in [1.165, 1.54) is 12.1 Å². The monoisotopic (exact) mass is 356 g/mol. The number of aromatic nitrogens is 2. The van der Waals surface area contributed by atoms with Crippen LogP contribution < -0.4 is 15.4 Å². The topological polar surface area (TPSA) is 59.1 Å². The van der Waals surface area contributed by atoms with Crippen molar-refractivity contribution in [2.45, 2.75) is 6.42 Å². The maximum absolute atomic E-state index is 13.7. The van der Waals surface area contributed by atoms with Gasteiger partial charge in [-0.15, -0.1) is 0 Å². The van der Waals surface area contributed by atoms with Crippen LogP contribution in [0.25, 0.3) is 0 Å². The van der Waals surface area contributed by atoms with Crippen LogP contribution in [0.4, 0.5) is 26.2 Å². The molecule has 3 aromatic rings. The van der Waals surface area contributed by atoms with Gasteiger partial charge in [0.15, 0.2) is 0 Å². The Labute approximate surface area is 150 Å². The minimum Gasteiger partial charge on any atom is -0.497 e. The maximum Gasteiger partial charge on any atom is 0.224 e. The highest BCUT2D eigenvalue weighted by Gasteiger charge is 2.06. The van der Waals surface area contributed by atoms with E-state index in [-0.39, 0.29) is 5.69 Å². The number of nitrogens with zero attached hydrogens (tertiary/aromatic N) is 2. The van der Waals surface area contributed by atoms with E-state index in [0.717, 1.165) is 23.8 Å². The molecule has 0 unspecified atom stereocenters. The van der Waals surface area contributed by atoms with Crippen LogP contribution in [-0.4, -0.2) is 23.6 Å².